The van der Waals surface area contributed by atoms with Crippen LogP contribution in [0.4, 0.5) is 11.6 Å². The molecule has 2 aromatic rings. The Balaban J connectivity index is 2.33. The number of aromatic nitrogens is 2. The summed E-state index contributed by atoms with van der Waals surface area (Å²) in [6.07, 6.45) is 2.02. The van der Waals surface area contributed by atoms with Gasteiger partial charge in [0.2, 0.25) is 5.95 Å². The third-order valence-corrected chi connectivity index (χ3v) is 2.94. The first kappa shape index (κ1) is 12.0. The minimum Gasteiger partial charge on any atom is -0.324 e. The molecule has 0 amide bonds. The molecule has 0 aliphatic rings. The topological polar surface area (TPSA) is 29.9 Å². The van der Waals surface area contributed by atoms with Crippen LogP contribution >= 0.6 is 11.6 Å². The van der Waals surface area contributed by atoms with Crippen molar-refractivity contribution in [1.29, 1.82) is 0 Å². The molecule has 0 spiro atoms. The highest BCUT2D eigenvalue weighted by molar-refractivity contribution is 6.33. The second-order valence-corrected chi connectivity index (χ2v) is 4.51. The minimum absolute atomic E-state index is 0.707. The van der Waals surface area contributed by atoms with Gasteiger partial charge in [-0.15, -0.1) is 0 Å². The fraction of sp³-hybridized carbons (Fsp3) is 0.308. The molecule has 1 N–H and O–H groups in total. The van der Waals surface area contributed by atoms with Crippen LogP contribution in [0, 0.1) is 13.8 Å². The molecule has 2 rings (SSSR count). The molecule has 0 unspecified atom stereocenters. The molecular weight excluding hydrogens is 234 g/mol. The van der Waals surface area contributed by atoms with E-state index in [9.17, 15) is 0 Å². The normalized spacial score (nSPS) is 10.6. The number of nitrogens with one attached hydrogen (secondary N) is 1. The molecule has 0 atom stereocenters. The Hall–Kier alpha value is -1.48. The van der Waals surface area contributed by atoms with E-state index in [0.717, 1.165) is 23.9 Å². The maximum atomic E-state index is 6.15. The maximum absolute atomic E-state index is 6.15. The van der Waals surface area contributed by atoms with Crippen LogP contribution in [-0.2, 0) is 6.54 Å². The Labute approximate surface area is 106 Å². The fourth-order valence-corrected chi connectivity index (χ4v) is 1.91. The standard InChI is InChI=1S/C13H16ClN3/c1-4-17-8-10(3)15-13(17)16-12-7-9(2)5-6-11(12)14/h5-8H,4H2,1-3H3,(H,15,16). The number of benzene rings is 1. The Morgan fingerprint density at radius 2 is 2.12 bits per heavy atom. The maximum Gasteiger partial charge on any atom is 0.207 e. The summed E-state index contributed by atoms with van der Waals surface area (Å²) in [4.78, 5) is 4.44. The summed E-state index contributed by atoms with van der Waals surface area (Å²) >= 11 is 6.15. The number of rotatable bonds is 3. The van der Waals surface area contributed by atoms with Gasteiger partial charge in [-0.2, -0.15) is 0 Å². The lowest BCUT2D eigenvalue weighted by Crippen LogP contribution is -2.01. The van der Waals surface area contributed by atoms with E-state index in [2.05, 4.69) is 21.8 Å². The highest BCUT2D eigenvalue weighted by Gasteiger charge is 2.07. The number of imidazole rings is 1. The molecule has 0 fully saturated rings. The van der Waals surface area contributed by atoms with Crippen LogP contribution in [0.1, 0.15) is 18.2 Å². The average molecular weight is 250 g/mol. The first-order chi connectivity index (χ1) is 8.10. The van der Waals surface area contributed by atoms with Crippen LogP contribution < -0.4 is 5.32 Å². The Morgan fingerprint density at radius 1 is 1.35 bits per heavy atom. The molecular formula is C13H16ClN3. The van der Waals surface area contributed by atoms with Crippen LogP contribution in [0.15, 0.2) is 24.4 Å². The van der Waals surface area contributed by atoms with Gasteiger partial charge in [-0.1, -0.05) is 17.7 Å². The zero-order chi connectivity index (χ0) is 12.4. The highest BCUT2D eigenvalue weighted by atomic mass is 35.5. The third kappa shape index (κ3) is 2.61. The molecule has 4 heteroatoms. The van der Waals surface area contributed by atoms with Crippen LogP contribution in [0.25, 0.3) is 0 Å². The third-order valence-electron chi connectivity index (χ3n) is 2.61. The van der Waals surface area contributed by atoms with E-state index in [4.69, 9.17) is 11.6 Å². The zero-order valence-corrected chi connectivity index (χ0v) is 11.0. The van der Waals surface area contributed by atoms with Crippen molar-refractivity contribution in [3.8, 4) is 0 Å². The van der Waals surface area contributed by atoms with Crippen molar-refractivity contribution >= 4 is 23.2 Å². The van der Waals surface area contributed by atoms with Crippen molar-refractivity contribution in [2.75, 3.05) is 5.32 Å². The molecule has 90 valence electrons. The Kier molecular flexibility index (Phi) is 3.38. The fourth-order valence-electron chi connectivity index (χ4n) is 1.74. The lowest BCUT2D eigenvalue weighted by molar-refractivity contribution is 0.771. The minimum atomic E-state index is 0.707. The molecule has 0 aliphatic carbocycles. The SMILES string of the molecule is CCn1cc(C)nc1Nc1cc(C)ccc1Cl. The van der Waals surface area contributed by atoms with Gasteiger partial charge < -0.3 is 9.88 Å². The van der Waals surface area contributed by atoms with E-state index in [1.165, 1.54) is 5.56 Å². The summed E-state index contributed by atoms with van der Waals surface area (Å²) in [7, 11) is 0. The summed E-state index contributed by atoms with van der Waals surface area (Å²) in [5.41, 5.74) is 3.06. The van der Waals surface area contributed by atoms with Gasteiger partial charge in [-0.25, -0.2) is 4.98 Å². The number of hydrogen-bond acceptors (Lipinski definition) is 2. The number of aryl methyl sites for hydroxylation is 3. The molecule has 0 aliphatic heterocycles. The molecule has 0 saturated heterocycles. The van der Waals surface area contributed by atoms with Crippen LogP contribution in [0.3, 0.4) is 0 Å². The average Bonchev–Trinajstić information content (AvgIpc) is 2.64. The smallest absolute Gasteiger partial charge is 0.207 e. The van der Waals surface area contributed by atoms with Gasteiger partial charge in [-0.3, -0.25) is 0 Å². The first-order valence-corrected chi connectivity index (χ1v) is 6.05. The summed E-state index contributed by atoms with van der Waals surface area (Å²) in [6, 6.07) is 5.91. The van der Waals surface area contributed by atoms with Crippen molar-refractivity contribution in [2.45, 2.75) is 27.3 Å². The van der Waals surface area contributed by atoms with Gasteiger partial charge in [-0.05, 0) is 38.5 Å². The second-order valence-electron chi connectivity index (χ2n) is 4.10. The quantitative estimate of drug-likeness (QED) is 0.894. The van der Waals surface area contributed by atoms with Crippen LogP contribution in [0.5, 0.6) is 0 Å². The van der Waals surface area contributed by atoms with Gasteiger partial charge in [0.1, 0.15) is 0 Å². The highest BCUT2D eigenvalue weighted by Crippen LogP contribution is 2.26. The van der Waals surface area contributed by atoms with Gasteiger partial charge in [0.25, 0.3) is 0 Å². The molecule has 1 aromatic carbocycles. The number of halogens is 1. The van der Waals surface area contributed by atoms with E-state index in [1.807, 2.05) is 38.2 Å². The Morgan fingerprint density at radius 3 is 2.82 bits per heavy atom. The second kappa shape index (κ2) is 4.80. The molecule has 0 bridgehead atoms. The van der Waals surface area contributed by atoms with Gasteiger partial charge in [0.05, 0.1) is 16.4 Å². The Bertz CT molecular complexity index is 531. The molecule has 1 heterocycles. The van der Waals surface area contributed by atoms with Gasteiger partial charge in [0.15, 0.2) is 0 Å². The van der Waals surface area contributed by atoms with Gasteiger partial charge >= 0.3 is 0 Å². The van der Waals surface area contributed by atoms with Crippen molar-refractivity contribution in [2.24, 2.45) is 0 Å². The van der Waals surface area contributed by atoms with E-state index in [-0.39, 0.29) is 0 Å². The van der Waals surface area contributed by atoms with E-state index < -0.39 is 0 Å². The van der Waals surface area contributed by atoms with E-state index in [0.29, 0.717) is 5.02 Å². The summed E-state index contributed by atoms with van der Waals surface area (Å²) in [6.45, 7) is 6.99. The molecule has 1 aromatic heterocycles. The molecule has 0 radical (unpaired) electrons. The zero-order valence-electron chi connectivity index (χ0n) is 10.3. The lowest BCUT2D eigenvalue weighted by atomic mass is 10.2. The molecule has 17 heavy (non-hydrogen) atoms. The first-order valence-electron chi connectivity index (χ1n) is 5.67. The number of hydrogen-bond donors (Lipinski definition) is 1. The predicted molar refractivity (Wildman–Crippen MR) is 72.1 cm³/mol. The van der Waals surface area contributed by atoms with Crippen molar-refractivity contribution < 1.29 is 0 Å². The monoisotopic (exact) mass is 249 g/mol. The van der Waals surface area contributed by atoms with Crippen molar-refractivity contribution in [1.82, 2.24) is 9.55 Å². The summed E-state index contributed by atoms with van der Waals surface area (Å²) in [5.74, 6) is 0.831. The van der Waals surface area contributed by atoms with Crippen molar-refractivity contribution in [3.05, 3.63) is 40.7 Å². The number of anilines is 2. The predicted octanol–water partition coefficient (Wildman–Crippen LogP) is 3.92. The summed E-state index contributed by atoms with van der Waals surface area (Å²) < 4.78 is 2.06. The molecule has 0 saturated carbocycles. The summed E-state index contributed by atoms with van der Waals surface area (Å²) in [5, 5.41) is 3.98. The van der Waals surface area contributed by atoms with Gasteiger partial charge in [0, 0.05) is 12.7 Å². The molecule has 3 nitrogen and oxygen atoms in total. The lowest BCUT2D eigenvalue weighted by Gasteiger charge is -2.09. The van der Waals surface area contributed by atoms with Crippen LogP contribution in [-0.4, -0.2) is 9.55 Å². The van der Waals surface area contributed by atoms with E-state index >= 15 is 0 Å². The largest absolute Gasteiger partial charge is 0.324 e. The number of nitrogens with zero attached hydrogens (tertiary/aromatic N) is 2. The van der Waals surface area contributed by atoms with E-state index in [1.54, 1.807) is 0 Å². The van der Waals surface area contributed by atoms with Crippen molar-refractivity contribution in [3.63, 3.8) is 0 Å². The van der Waals surface area contributed by atoms with Crippen LogP contribution in [0.2, 0.25) is 5.02 Å².